The summed E-state index contributed by atoms with van der Waals surface area (Å²) in [7, 11) is 0. The zero-order valence-electron chi connectivity index (χ0n) is 11.1. The molecule has 0 fully saturated rings. The van der Waals surface area contributed by atoms with Crippen LogP contribution in [0.4, 0.5) is 8.78 Å². The molecule has 2 aromatic rings. The fourth-order valence-corrected chi connectivity index (χ4v) is 1.77. The molecule has 2 rings (SSSR count). The highest BCUT2D eigenvalue weighted by Gasteiger charge is 2.12. The number of hydrogen-bond acceptors (Lipinski definition) is 2. The van der Waals surface area contributed by atoms with Crippen molar-refractivity contribution in [1.82, 2.24) is 10.9 Å². The first-order valence-electron chi connectivity index (χ1n) is 6.10. The van der Waals surface area contributed by atoms with Crippen LogP contribution in [0.15, 0.2) is 42.5 Å². The molecule has 0 saturated carbocycles. The minimum atomic E-state index is -0.870. The fourth-order valence-electron chi connectivity index (χ4n) is 1.77. The standard InChI is InChI=1S/C15H12F2N2O2/c1-9-4-2-3-5-13(9)15(21)19-18-14(20)10-6-11(16)8-12(17)7-10/h2-8H,1H3,(H,18,20)(H,19,21). The molecule has 0 spiro atoms. The summed E-state index contributed by atoms with van der Waals surface area (Å²) in [4.78, 5) is 23.6. The van der Waals surface area contributed by atoms with E-state index in [-0.39, 0.29) is 5.56 Å². The summed E-state index contributed by atoms with van der Waals surface area (Å²) in [6.07, 6.45) is 0. The summed E-state index contributed by atoms with van der Waals surface area (Å²) >= 11 is 0. The zero-order chi connectivity index (χ0) is 15.4. The zero-order valence-corrected chi connectivity index (χ0v) is 11.1. The van der Waals surface area contributed by atoms with E-state index >= 15 is 0 Å². The molecule has 0 aromatic heterocycles. The Morgan fingerprint density at radius 2 is 1.48 bits per heavy atom. The van der Waals surface area contributed by atoms with Crippen LogP contribution in [0.25, 0.3) is 0 Å². The van der Waals surface area contributed by atoms with E-state index in [4.69, 9.17) is 0 Å². The van der Waals surface area contributed by atoms with Gasteiger partial charge in [-0.05, 0) is 30.7 Å². The van der Waals surface area contributed by atoms with Crippen molar-refractivity contribution in [2.24, 2.45) is 0 Å². The van der Waals surface area contributed by atoms with E-state index in [0.29, 0.717) is 11.6 Å². The van der Waals surface area contributed by atoms with Gasteiger partial charge >= 0.3 is 0 Å². The van der Waals surface area contributed by atoms with Crippen LogP contribution < -0.4 is 10.9 Å². The molecule has 0 aliphatic carbocycles. The van der Waals surface area contributed by atoms with E-state index in [1.165, 1.54) is 0 Å². The largest absolute Gasteiger partial charge is 0.269 e. The Hall–Kier alpha value is -2.76. The lowest BCUT2D eigenvalue weighted by Crippen LogP contribution is -2.41. The maximum Gasteiger partial charge on any atom is 0.269 e. The molecule has 4 nitrogen and oxygen atoms in total. The highest BCUT2D eigenvalue weighted by molar-refractivity contribution is 5.99. The first-order chi connectivity index (χ1) is 9.97. The van der Waals surface area contributed by atoms with Crippen molar-refractivity contribution in [3.8, 4) is 0 Å². The van der Waals surface area contributed by atoms with E-state index in [0.717, 1.165) is 17.7 Å². The van der Waals surface area contributed by atoms with Gasteiger partial charge in [0.15, 0.2) is 0 Å². The molecule has 0 unspecified atom stereocenters. The quantitative estimate of drug-likeness (QED) is 0.834. The van der Waals surface area contributed by atoms with Crippen molar-refractivity contribution in [1.29, 1.82) is 0 Å². The van der Waals surface area contributed by atoms with Gasteiger partial charge in [0.1, 0.15) is 11.6 Å². The van der Waals surface area contributed by atoms with Gasteiger partial charge in [-0.3, -0.25) is 20.4 Å². The van der Waals surface area contributed by atoms with Gasteiger partial charge in [0, 0.05) is 17.2 Å². The molecule has 0 radical (unpaired) electrons. The van der Waals surface area contributed by atoms with E-state index in [1.54, 1.807) is 31.2 Å². The third-order valence-corrected chi connectivity index (χ3v) is 2.80. The van der Waals surface area contributed by atoms with Gasteiger partial charge in [-0.15, -0.1) is 0 Å². The monoisotopic (exact) mass is 290 g/mol. The maximum absolute atomic E-state index is 13.0. The average molecular weight is 290 g/mol. The van der Waals surface area contributed by atoms with Crippen LogP contribution in [-0.4, -0.2) is 11.8 Å². The molecule has 0 bridgehead atoms. The van der Waals surface area contributed by atoms with Crippen molar-refractivity contribution in [3.05, 3.63) is 70.8 Å². The second-order valence-electron chi connectivity index (χ2n) is 4.38. The second kappa shape index (κ2) is 6.13. The maximum atomic E-state index is 13.0. The lowest BCUT2D eigenvalue weighted by atomic mass is 10.1. The molecule has 0 heterocycles. The lowest BCUT2D eigenvalue weighted by Gasteiger charge is -2.09. The van der Waals surface area contributed by atoms with Crippen molar-refractivity contribution in [2.45, 2.75) is 6.92 Å². The van der Waals surface area contributed by atoms with E-state index in [9.17, 15) is 18.4 Å². The van der Waals surface area contributed by atoms with Gasteiger partial charge in [0.2, 0.25) is 0 Å². The molecule has 6 heteroatoms. The molecule has 0 atom stereocenters. The summed E-state index contributed by atoms with van der Waals surface area (Å²) < 4.78 is 26.0. The molecule has 108 valence electrons. The van der Waals surface area contributed by atoms with E-state index in [1.807, 2.05) is 0 Å². The van der Waals surface area contributed by atoms with Crippen molar-refractivity contribution >= 4 is 11.8 Å². The first-order valence-corrected chi connectivity index (χ1v) is 6.10. The van der Waals surface area contributed by atoms with Crippen LogP contribution in [0.1, 0.15) is 26.3 Å². The Kier molecular flexibility index (Phi) is 4.27. The third kappa shape index (κ3) is 3.62. The molecule has 2 amide bonds. The smallest absolute Gasteiger partial charge is 0.267 e. The fraction of sp³-hybridized carbons (Fsp3) is 0.0667. The Labute approximate surface area is 119 Å². The minimum absolute atomic E-state index is 0.224. The predicted molar refractivity (Wildman–Crippen MR) is 72.5 cm³/mol. The molecular weight excluding hydrogens is 278 g/mol. The first kappa shape index (κ1) is 14.6. The van der Waals surface area contributed by atoms with Gasteiger partial charge in [-0.25, -0.2) is 8.78 Å². The SMILES string of the molecule is Cc1ccccc1C(=O)NNC(=O)c1cc(F)cc(F)c1. The van der Waals surface area contributed by atoms with Gasteiger partial charge in [0.25, 0.3) is 11.8 Å². The van der Waals surface area contributed by atoms with Gasteiger partial charge in [0.05, 0.1) is 0 Å². The normalized spacial score (nSPS) is 10.0. The molecule has 2 N–H and O–H groups in total. The van der Waals surface area contributed by atoms with Crippen LogP contribution in [0.5, 0.6) is 0 Å². The molecular formula is C15H12F2N2O2. The number of hydrazine groups is 1. The highest BCUT2D eigenvalue weighted by Crippen LogP contribution is 2.08. The number of nitrogens with one attached hydrogen (secondary N) is 2. The number of hydrogen-bond donors (Lipinski definition) is 2. The van der Waals surface area contributed by atoms with E-state index in [2.05, 4.69) is 10.9 Å². The lowest BCUT2D eigenvalue weighted by molar-refractivity contribution is 0.0846. The number of amides is 2. The molecule has 0 aliphatic rings. The highest BCUT2D eigenvalue weighted by atomic mass is 19.1. The average Bonchev–Trinajstić information content (AvgIpc) is 2.43. The topological polar surface area (TPSA) is 58.2 Å². The van der Waals surface area contributed by atoms with Gasteiger partial charge < -0.3 is 0 Å². The Morgan fingerprint density at radius 3 is 2.10 bits per heavy atom. The summed E-state index contributed by atoms with van der Waals surface area (Å²) in [5.41, 5.74) is 5.21. The predicted octanol–water partition coefficient (Wildman–Crippen LogP) is 2.35. The summed E-state index contributed by atoms with van der Waals surface area (Å²) in [6.45, 7) is 1.75. The number of rotatable bonds is 2. The van der Waals surface area contributed by atoms with Crippen LogP contribution in [0.3, 0.4) is 0 Å². The second-order valence-corrected chi connectivity index (χ2v) is 4.38. The Balaban J connectivity index is 2.04. The van der Waals surface area contributed by atoms with Crippen LogP contribution in [0.2, 0.25) is 0 Å². The molecule has 2 aromatic carbocycles. The molecule has 0 saturated heterocycles. The van der Waals surface area contributed by atoms with Crippen molar-refractivity contribution in [2.75, 3.05) is 0 Å². The molecule has 21 heavy (non-hydrogen) atoms. The number of benzene rings is 2. The number of carbonyl (C=O) groups excluding carboxylic acids is 2. The summed E-state index contributed by atoms with van der Waals surface area (Å²) in [5, 5.41) is 0. The van der Waals surface area contributed by atoms with Gasteiger partial charge in [-0.1, -0.05) is 18.2 Å². The third-order valence-electron chi connectivity index (χ3n) is 2.80. The Morgan fingerprint density at radius 1 is 0.905 bits per heavy atom. The van der Waals surface area contributed by atoms with E-state index < -0.39 is 23.4 Å². The minimum Gasteiger partial charge on any atom is -0.267 e. The summed E-state index contributed by atoms with van der Waals surface area (Å²) in [6, 6.07) is 9.21. The summed E-state index contributed by atoms with van der Waals surface area (Å²) in [5.74, 6) is -3.07. The van der Waals surface area contributed by atoms with Crippen molar-refractivity contribution in [3.63, 3.8) is 0 Å². The Bertz CT molecular complexity index is 682. The number of carbonyl (C=O) groups is 2. The molecule has 0 aliphatic heterocycles. The number of aryl methyl sites for hydroxylation is 1. The van der Waals surface area contributed by atoms with Crippen LogP contribution in [0, 0.1) is 18.6 Å². The number of halogens is 2. The van der Waals surface area contributed by atoms with Crippen LogP contribution >= 0.6 is 0 Å². The van der Waals surface area contributed by atoms with Gasteiger partial charge in [-0.2, -0.15) is 0 Å². The van der Waals surface area contributed by atoms with Crippen molar-refractivity contribution < 1.29 is 18.4 Å². The van der Waals surface area contributed by atoms with Crippen LogP contribution in [-0.2, 0) is 0 Å².